The van der Waals surface area contributed by atoms with E-state index in [-0.39, 0.29) is 5.69 Å². The molecule has 3 rings (SSSR count). The first-order valence-electron chi connectivity index (χ1n) is 6.21. The monoisotopic (exact) mass is 284 g/mol. The zero-order valence-electron chi connectivity index (χ0n) is 11.2. The molecular formula is C14H12N4O3. The number of nitro benzene ring substituents is 1. The second kappa shape index (κ2) is 5.12. The van der Waals surface area contributed by atoms with Crippen LogP contribution in [0.15, 0.2) is 42.5 Å². The van der Waals surface area contributed by atoms with Crippen molar-refractivity contribution >= 4 is 28.4 Å². The lowest BCUT2D eigenvalue weighted by Gasteiger charge is -2.03. The van der Waals surface area contributed by atoms with Gasteiger partial charge in [-0.05, 0) is 30.3 Å². The molecule has 1 aromatic heterocycles. The molecule has 0 saturated heterocycles. The molecule has 7 heteroatoms. The Labute approximate surface area is 119 Å². The van der Waals surface area contributed by atoms with Gasteiger partial charge in [0, 0.05) is 17.8 Å². The molecule has 2 N–H and O–H groups in total. The Morgan fingerprint density at radius 1 is 1.24 bits per heavy atom. The van der Waals surface area contributed by atoms with E-state index >= 15 is 0 Å². The van der Waals surface area contributed by atoms with Gasteiger partial charge in [-0.3, -0.25) is 10.1 Å². The van der Waals surface area contributed by atoms with Gasteiger partial charge >= 0.3 is 0 Å². The van der Waals surface area contributed by atoms with Crippen LogP contribution < -0.4 is 10.1 Å². The molecule has 0 atom stereocenters. The first kappa shape index (κ1) is 12.9. The maximum atomic E-state index is 10.7. The van der Waals surface area contributed by atoms with E-state index in [1.54, 1.807) is 13.2 Å². The van der Waals surface area contributed by atoms with E-state index in [2.05, 4.69) is 15.3 Å². The summed E-state index contributed by atoms with van der Waals surface area (Å²) in [5.41, 5.74) is 2.14. The average molecular weight is 284 g/mol. The predicted molar refractivity (Wildman–Crippen MR) is 79.0 cm³/mol. The summed E-state index contributed by atoms with van der Waals surface area (Å²) in [5, 5.41) is 13.8. The van der Waals surface area contributed by atoms with Crippen LogP contribution in [0.4, 0.5) is 17.3 Å². The molecule has 0 saturated carbocycles. The SMILES string of the molecule is COc1ccc(Nc2nc3ccc([N+](=O)[O-])cc3[nH]2)cc1. The quantitative estimate of drug-likeness (QED) is 0.566. The number of nitrogens with one attached hydrogen (secondary N) is 2. The smallest absolute Gasteiger partial charge is 0.271 e. The van der Waals surface area contributed by atoms with Gasteiger partial charge in [-0.2, -0.15) is 0 Å². The molecule has 0 fully saturated rings. The number of imidazole rings is 1. The van der Waals surface area contributed by atoms with Gasteiger partial charge in [0.05, 0.1) is 23.1 Å². The minimum atomic E-state index is -0.434. The van der Waals surface area contributed by atoms with E-state index in [4.69, 9.17) is 4.74 Å². The fourth-order valence-electron chi connectivity index (χ4n) is 1.98. The first-order valence-corrected chi connectivity index (χ1v) is 6.21. The fourth-order valence-corrected chi connectivity index (χ4v) is 1.98. The van der Waals surface area contributed by atoms with Crippen LogP contribution >= 0.6 is 0 Å². The van der Waals surface area contributed by atoms with Crippen LogP contribution in [0.25, 0.3) is 11.0 Å². The number of H-pyrrole nitrogens is 1. The Morgan fingerprint density at radius 3 is 2.67 bits per heavy atom. The largest absolute Gasteiger partial charge is 0.497 e. The van der Waals surface area contributed by atoms with Crippen LogP contribution in [0.1, 0.15) is 0 Å². The van der Waals surface area contributed by atoms with Crippen molar-refractivity contribution in [1.82, 2.24) is 9.97 Å². The number of aromatic nitrogens is 2. The molecule has 21 heavy (non-hydrogen) atoms. The van der Waals surface area contributed by atoms with E-state index in [1.807, 2.05) is 24.3 Å². The summed E-state index contributed by atoms with van der Waals surface area (Å²) in [7, 11) is 1.61. The third kappa shape index (κ3) is 2.62. The number of benzene rings is 2. The molecule has 2 aromatic carbocycles. The van der Waals surface area contributed by atoms with Crippen LogP contribution in [0.5, 0.6) is 5.75 Å². The lowest BCUT2D eigenvalue weighted by molar-refractivity contribution is -0.384. The standard InChI is InChI=1S/C14H12N4O3/c1-21-11-5-2-9(3-6-11)15-14-16-12-7-4-10(18(19)20)8-13(12)17-14/h2-8H,1H3,(H2,15,16,17). The van der Waals surface area contributed by atoms with E-state index in [0.29, 0.717) is 17.0 Å². The molecular weight excluding hydrogens is 272 g/mol. The summed E-state index contributed by atoms with van der Waals surface area (Å²) < 4.78 is 5.09. The molecule has 0 aliphatic rings. The lowest BCUT2D eigenvalue weighted by atomic mass is 10.3. The molecule has 3 aromatic rings. The van der Waals surface area contributed by atoms with Crippen LogP contribution in [0.2, 0.25) is 0 Å². The van der Waals surface area contributed by atoms with Gasteiger partial charge in [-0.1, -0.05) is 0 Å². The number of hydrogen-bond donors (Lipinski definition) is 2. The second-order valence-electron chi connectivity index (χ2n) is 4.40. The Balaban J connectivity index is 1.88. The van der Waals surface area contributed by atoms with Crippen LogP contribution in [-0.2, 0) is 0 Å². The van der Waals surface area contributed by atoms with E-state index in [1.165, 1.54) is 12.1 Å². The Morgan fingerprint density at radius 2 is 2.00 bits per heavy atom. The number of non-ortho nitro benzene ring substituents is 1. The molecule has 0 unspecified atom stereocenters. The number of aromatic amines is 1. The van der Waals surface area contributed by atoms with Crippen molar-refractivity contribution < 1.29 is 9.66 Å². The van der Waals surface area contributed by atoms with Crippen molar-refractivity contribution in [2.45, 2.75) is 0 Å². The van der Waals surface area contributed by atoms with Gasteiger partial charge in [0.25, 0.3) is 5.69 Å². The lowest BCUT2D eigenvalue weighted by Crippen LogP contribution is -1.92. The topological polar surface area (TPSA) is 93.1 Å². The van der Waals surface area contributed by atoms with Gasteiger partial charge in [0.1, 0.15) is 5.75 Å². The molecule has 0 aliphatic carbocycles. The zero-order chi connectivity index (χ0) is 14.8. The number of methoxy groups -OCH3 is 1. The molecule has 7 nitrogen and oxygen atoms in total. The first-order chi connectivity index (χ1) is 10.2. The molecule has 0 spiro atoms. The summed E-state index contributed by atoms with van der Waals surface area (Å²) in [4.78, 5) is 17.7. The molecule has 106 valence electrons. The summed E-state index contributed by atoms with van der Waals surface area (Å²) >= 11 is 0. The maximum Gasteiger partial charge on any atom is 0.271 e. The van der Waals surface area contributed by atoms with E-state index in [9.17, 15) is 10.1 Å². The second-order valence-corrected chi connectivity index (χ2v) is 4.40. The number of rotatable bonds is 4. The molecule has 1 heterocycles. The molecule has 0 aliphatic heterocycles. The molecule has 0 bridgehead atoms. The predicted octanol–water partition coefficient (Wildman–Crippen LogP) is 3.22. The highest BCUT2D eigenvalue weighted by Crippen LogP contribution is 2.23. The number of nitro groups is 1. The maximum absolute atomic E-state index is 10.7. The van der Waals surface area contributed by atoms with Gasteiger partial charge in [-0.15, -0.1) is 0 Å². The number of nitrogens with zero attached hydrogens (tertiary/aromatic N) is 2. The zero-order valence-corrected chi connectivity index (χ0v) is 11.2. The van der Waals surface area contributed by atoms with E-state index < -0.39 is 4.92 Å². The number of anilines is 2. The van der Waals surface area contributed by atoms with Crippen molar-refractivity contribution in [3.05, 3.63) is 52.6 Å². The molecule has 0 amide bonds. The third-order valence-corrected chi connectivity index (χ3v) is 3.03. The van der Waals surface area contributed by atoms with Crippen LogP contribution in [0.3, 0.4) is 0 Å². The highest BCUT2D eigenvalue weighted by molar-refractivity contribution is 5.80. The van der Waals surface area contributed by atoms with Crippen LogP contribution in [-0.4, -0.2) is 22.0 Å². The third-order valence-electron chi connectivity index (χ3n) is 3.03. The van der Waals surface area contributed by atoms with Crippen molar-refractivity contribution in [1.29, 1.82) is 0 Å². The van der Waals surface area contributed by atoms with Crippen molar-refractivity contribution in [3.8, 4) is 5.75 Å². The number of ether oxygens (including phenoxy) is 1. The summed E-state index contributed by atoms with van der Waals surface area (Å²) in [5.74, 6) is 1.29. The minimum absolute atomic E-state index is 0.0298. The molecule has 0 radical (unpaired) electrons. The summed E-state index contributed by atoms with van der Waals surface area (Å²) in [6.07, 6.45) is 0. The Hall–Kier alpha value is -3.09. The Kier molecular flexibility index (Phi) is 3.15. The van der Waals surface area contributed by atoms with Gasteiger partial charge in [0.2, 0.25) is 5.95 Å². The minimum Gasteiger partial charge on any atom is -0.497 e. The Bertz CT molecular complexity index is 796. The summed E-state index contributed by atoms with van der Waals surface area (Å²) in [6.45, 7) is 0. The van der Waals surface area contributed by atoms with Crippen molar-refractivity contribution in [2.24, 2.45) is 0 Å². The van der Waals surface area contributed by atoms with Gasteiger partial charge in [0.15, 0.2) is 0 Å². The normalized spacial score (nSPS) is 10.5. The van der Waals surface area contributed by atoms with Crippen LogP contribution in [0, 0.1) is 10.1 Å². The number of fused-ring (bicyclic) bond motifs is 1. The highest BCUT2D eigenvalue weighted by atomic mass is 16.6. The van der Waals surface area contributed by atoms with E-state index in [0.717, 1.165) is 11.4 Å². The van der Waals surface area contributed by atoms with Gasteiger partial charge < -0.3 is 15.0 Å². The fraction of sp³-hybridized carbons (Fsp3) is 0.0714. The summed E-state index contributed by atoms with van der Waals surface area (Å²) in [6, 6.07) is 11.9. The van der Waals surface area contributed by atoms with Gasteiger partial charge in [-0.25, -0.2) is 4.98 Å². The van der Waals surface area contributed by atoms with Crippen molar-refractivity contribution in [3.63, 3.8) is 0 Å². The highest BCUT2D eigenvalue weighted by Gasteiger charge is 2.09. The van der Waals surface area contributed by atoms with Crippen molar-refractivity contribution in [2.75, 3.05) is 12.4 Å². The number of hydrogen-bond acceptors (Lipinski definition) is 5. The average Bonchev–Trinajstić information content (AvgIpc) is 2.89.